The summed E-state index contributed by atoms with van der Waals surface area (Å²) in [4.78, 5) is 2.31. The summed E-state index contributed by atoms with van der Waals surface area (Å²) < 4.78 is 9.66. The van der Waals surface area contributed by atoms with E-state index in [4.69, 9.17) is 17.0 Å². The number of anilines is 1. The Hall–Kier alpha value is -1.79. The minimum atomic E-state index is 0.241. The molecule has 0 spiro atoms. The Bertz CT molecular complexity index is 712. The van der Waals surface area contributed by atoms with E-state index >= 15 is 0 Å². The number of benzene rings is 1. The predicted molar refractivity (Wildman–Crippen MR) is 89.7 cm³/mol. The van der Waals surface area contributed by atoms with Crippen LogP contribution in [0.25, 0.3) is 5.69 Å². The Morgan fingerprint density at radius 2 is 1.73 bits per heavy atom. The van der Waals surface area contributed by atoms with Crippen LogP contribution in [0.1, 0.15) is 12.6 Å². The minimum Gasteiger partial charge on any atom is -0.493 e. The molecule has 1 saturated heterocycles. The summed E-state index contributed by atoms with van der Waals surface area (Å²) in [7, 11) is 0. The highest BCUT2D eigenvalue weighted by molar-refractivity contribution is 7.71. The zero-order chi connectivity index (χ0) is 15.7. The lowest BCUT2D eigenvalue weighted by Gasteiger charge is -2.29. The van der Waals surface area contributed by atoms with Crippen molar-refractivity contribution in [2.24, 2.45) is 0 Å². The van der Waals surface area contributed by atoms with E-state index in [0.29, 0.717) is 11.3 Å². The van der Waals surface area contributed by atoms with E-state index in [0.717, 1.165) is 37.7 Å². The minimum absolute atomic E-state index is 0.241. The highest BCUT2D eigenvalue weighted by atomic mass is 32.1. The Morgan fingerprint density at radius 3 is 2.27 bits per heavy atom. The molecule has 2 heterocycles. The van der Waals surface area contributed by atoms with Crippen molar-refractivity contribution >= 4 is 17.9 Å². The van der Waals surface area contributed by atoms with Crippen LogP contribution in [0.3, 0.4) is 0 Å². The second-order valence-corrected chi connectivity index (χ2v) is 5.75. The molecule has 1 aliphatic rings. The van der Waals surface area contributed by atoms with Crippen LogP contribution in [0.4, 0.5) is 5.69 Å². The third-order valence-corrected chi connectivity index (χ3v) is 4.54. The van der Waals surface area contributed by atoms with E-state index < -0.39 is 0 Å². The van der Waals surface area contributed by atoms with E-state index in [-0.39, 0.29) is 5.88 Å². The molecule has 22 heavy (non-hydrogen) atoms. The molecule has 0 unspecified atom stereocenters. The molecule has 1 fully saturated rings. The van der Waals surface area contributed by atoms with Gasteiger partial charge in [0.15, 0.2) is 4.77 Å². The summed E-state index contributed by atoms with van der Waals surface area (Å²) >= 11 is 5.48. The molecule has 6 heteroatoms. The summed E-state index contributed by atoms with van der Waals surface area (Å²) in [5, 5.41) is 10.2. The predicted octanol–water partition coefficient (Wildman–Crippen LogP) is 2.88. The summed E-state index contributed by atoms with van der Waals surface area (Å²) in [5.41, 5.74) is 2.93. The van der Waals surface area contributed by atoms with Crippen molar-refractivity contribution in [3.05, 3.63) is 34.7 Å². The third kappa shape index (κ3) is 2.53. The summed E-state index contributed by atoms with van der Waals surface area (Å²) in [6, 6.07) is 8.30. The smallest absolute Gasteiger partial charge is 0.213 e. The van der Waals surface area contributed by atoms with Crippen molar-refractivity contribution in [2.75, 3.05) is 31.2 Å². The average Bonchev–Trinajstić information content (AvgIpc) is 2.78. The molecular formula is C16H21N3O2S. The number of aromatic hydroxyl groups is 1. The molecule has 118 valence electrons. The Kier molecular flexibility index (Phi) is 4.22. The van der Waals surface area contributed by atoms with Gasteiger partial charge < -0.3 is 14.7 Å². The van der Waals surface area contributed by atoms with Gasteiger partial charge in [0.05, 0.1) is 18.9 Å². The summed E-state index contributed by atoms with van der Waals surface area (Å²) in [5.74, 6) is 0.241. The van der Waals surface area contributed by atoms with Gasteiger partial charge in [-0.2, -0.15) is 0 Å². The number of imidazole rings is 1. The molecule has 2 aromatic rings. The Morgan fingerprint density at radius 1 is 1.14 bits per heavy atom. The number of ether oxygens (including phenoxy) is 1. The van der Waals surface area contributed by atoms with Crippen molar-refractivity contribution in [3.63, 3.8) is 0 Å². The molecule has 0 saturated carbocycles. The molecule has 0 aliphatic carbocycles. The monoisotopic (exact) mass is 319 g/mol. The van der Waals surface area contributed by atoms with Crippen molar-refractivity contribution in [1.29, 1.82) is 0 Å². The van der Waals surface area contributed by atoms with Gasteiger partial charge in [-0.25, -0.2) is 0 Å². The highest BCUT2D eigenvalue weighted by Crippen LogP contribution is 2.25. The highest BCUT2D eigenvalue weighted by Gasteiger charge is 2.15. The largest absolute Gasteiger partial charge is 0.493 e. The molecule has 0 radical (unpaired) electrons. The number of hydrogen-bond donors (Lipinski definition) is 1. The lowest BCUT2D eigenvalue weighted by atomic mass is 10.2. The summed E-state index contributed by atoms with van der Waals surface area (Å²) in [6.07, 6.45) is 0. The fraction of sp³-hybridized carbons (Fsp3) is 0.438. The Balaban J connectivity index is 1.95. The van der Waals surface area contributed by atoms with Gasteiger partial charge in [-0.3, -0.25) is 9.13 Å². The first-order valence-electron chi connectivity index (χ1n) is 7.57. The molecule has 1 aromatic carbocycles. The Labute approximate surface area is 135 Å². The van der Waals surface area contributed by atoms with Crippen LogP contribution in [0.15, 0.2) is 24.3 Å². The van der Waals surface area contributed by atoms with E-state index in [2.05, 4.69) is 17.0 Å². The van der Waals surface area contributed by atoms with Crippen LogP contribution in [0, 0.1) is 11.7 Å². The SMILES string of the molecule is CCn1c(O)c(C)n(-c2ccc(N3CCOCC3)cc2)c1=S. The van der Waals surface area contributed by atoms with Gasteiger partial charge in [-0.05, 0) is 50.3 Å². The maximum Gasteiger partial charge on any atom is 0.213 e. The topological polar surface area (TPSA) is 42.6 Å². The third-order valence-electron chi connectivity index (χ3n) is 4.14. The molecule has 1 N–H and O–H groups in total. The molecule has 5 nitrogen and oxygen atoms in total. The van der Waals surface area contributed by atoms with Crippen LogP contribution >= 0.6 is 12.2 Å². The quantitative estimate of drug-likeness (QED) is 0.884. The first-order chi connectivity index (χ1) is 10.6. The fourth-order valence-electron chi connectivity index (χ4n) is 2.87. The van der Waals surface area contributed by atoms with Crippen molar-refractivity contribution in [2.45, 2.75) is 20.4 Å². The van der Waals surface area contributed by atoms with Crippen LogP contribution in [-0.2, 0) is 11.3 Å². The van der Waals surface area contributed by atoms with Gasteiger partial charge in [0, 0.05) is 31.0 Å². The van der Waals surface area contributed by atoms with Crippen molar-refractivity contribution in [1.82, 2.24) is 9.13 Å². The van der Waals surface area contributed by atoms with Crippen LogP contribution < -0.4 is 4.90 Å². The fourth-order valence-corrected chi connectivity index (χ4v) is 3.33. The number of nitrogens with zero attached hydrogens (tertiary/aromatic N) is 3. The maximum atomic E-state index is 10.2. The van der Waals surface area contributed by atoms with E-state index in [1.807, 2.05) is 30.5 Å². The number of aromatic nitrogens is 2. The lowest BCUT2D eigenvalue weighted by molar-refractivity contribution is 0.122. The molecular weight excluding hydrogens is 298 g/mol. The molecule has 1 aromatic heterocycles. The van der Waals surface area contributed by atoms with E-state index in [9.17, 15) is 5.11 Å². The molecule has 3 rings (SSSR count). The van der Waals surface area contributed by atoms with Gasteiger partial charge >= 0.3 is 0 Å². The zero-order valence-electron chi connectivity index (χ0n) is 13.0. The van der Waals surface area contributed by atoms with Crippen LogP contribution in [0.5, 0.6) is 5.88 Å². The van der Waals surface area contributed by atoms with Crippen molar-refractivity contribution < 1.29 is 9.84 Å². The van der Waals surface area contributed by atoms with Gasteiger partial charge in [0.2, 0.25) is 5.88 Å². The number of rotatable bonds is 3. The van der Waals surface area contributed by atoms with Crippen molar-refractivity contribution in [3.8, 4) is 11.6 Å². The first kappa shape index (κ1) is 15.1. The first-order valence-corrected chi connectivity index (χ1v) is 7.98. The standard InChI is InChI=1S/C16H21N3O2S/c1-3-18-15(20)12(2)19(16(18)22)14-6-4-13(5-7-14)17-8-10-21-11-9-17/h4-7,20H,3,8-11H2,1-2H3. The molecule has 1 aliphatic heterocycles. The normalized spacial score (nSPS) is 15.3. The van der Waals surface area contributed by atoms with Gasteiger partial charge in [0.1, 0.15) is 0 Å². The average molecular weight is 319 g/mol. The molecule has 0 bridgehead atoms. The van der Waals surface area contributed by atoms with Gasteiger partial charge in [0.25, 0.3) is 0 Å². The van der Waals surface area contributed by atoms with E-state index in [1.54, 1.807) is 4.57 Å². The van der Waals surface area contributed by atoms with Crippen LogP contribution in [0.2, 0.25) is 0 Å². The van der Waals surface area contributed by atoms with Gasteiger partial charge in [-0.1, -0.05) is 0 Å². The lowest BCUT2D eigenvalue weighted by Crippen LogP contribution is -2.36. The maximum absolute atomic E-state index is 10.2. The number of morpholine rings is 1. The second-order valence-electron chi connectivity index (χ2n) is 5.39. The second kappa shape index (κ2) is 6.14. The van der Waals surface area contributed by atoms with E-state index in [1.165, 1.54) is 5.69 Å². The zero-order valence-corrected chi connectivity index (χ0v) is 13.8. The molecule has 0 atom stereocenters. The van der Waals surface area contributed by atoms with Crippen LogP contribution in [-0.4, -0.2) is 40.5 Å². The number of hydrogen-bond acceptors (Lipinski definition) is 4. The summed E-state index contributed by atoms with van der Waals surface area (Å²) in [6.45, 7) is 7.91. The van der Waals surface area contributed by atoms with Gasteiger partial charge in [-0.15, -0.1) is 0 Å². The molecule has 0 amide bonds.